The first kappa shape index (κ1) is 116. The predicted molar refractivity (Wildman–Crippen MR) is 553 cm³/mol. The average Bonchev–Trinajstić information content (AvgIpc) is 1.61. The van der Waals surface area contributed by atoms with Crippen LogP contribution >= 0.6 is 46.4 Å². The van der Waals surface area contributed by atoms with E-state index in [2.05, 4.69) is 74.4 Å². The molecular formula is C107H122Cl4N14O24. The molecule has 0 unspecified atom stereocenters. The Morgan fingerprint density at radius 2 is 0.644 bits per heavy atom. The van der Waals surface area contributed by atoms with Gasteiger partial charge in [-0.25, -0.2) is 33.6 Å². The summed E-state index contributed by atoms with van der Waals surface area (Å²) in [6.07, 6.45) is -10.1. The zero-order chi connectivity index (χ0) is 107. The highest BCUT2D eigenvalue weighted by molar-refractivity contribution is 6.32. The van der Waals surface area contributed by atoms with Crippen molar-refractivity contribution in [3.8, 4) is 11.1 Å². The van der Waals surface area contributed by atoms with Crippen LogP contribution in [-0.4, -0.2) is 207 Å². The minimum atomic E-state index is -1.94. The number of rotatable bonds is 54. The number of aliphatic carboxylic acids is 1. The average molecular weight is 2130 g/mol. The van der Waals surface area contributed by atoms with Crippen molar-refractivity contribution in [1.82, 2.24) is 74.4 Å². The molecule has 10 atom stereocenters. The quantitative estimate of drug-likeness (QED) is 0.0157. The maximum atomic E-state index is 15.7. The molecule has 0 aliphatic heterocycles. The molecule has 9 aromatic carbocycles. The van der Waals surface area contributed by atoms with E-state index in [1.165, 1.54) is 6.92 Å². The molecule has 0 fully saturated rings. The summed E-state index contributed by atoms with van der Waals surface area (Å²) in [6, 6.07) is 50.8. The van der Waals surface area contributed by atoms with E-state index in [-0.39, 0.29) is 74.2 Å². The van der Waals surface area contributed by atoms with Crippen molar-refractivity contribution in [2.45, 2.75) is 192 Å². The Balaban J connectivity index is 0.948. The Morgan fingerprint density at radius 1 is 0.322 bits per heavy atom. The van der Waals surface area contributed by atoms with E-state index >= 15 is 33.6 Å². The van der Waals surface area contributed by atoms with Crippen LogP contribution in [0.3, 0.4) is 0 Å². The fourth-order valence-electron chi connectivity index (χ4n) is 15.3. The van der Waals surface area contributed by atoms with E-state index in [1.54, 1.807) is 223 Å². The van der Waals surface area contributed by atoms with Crippen molar-refractivity contribution in [3.05, 3.63) is 307 Å². The number of ether oxygens (including phenoxy) is 8. The van der Waals surface area contributed by atoms with E-state index in [0.717, 1.165) is 22.3 Å². The molecule has 10 rings (SSSR count). The first-order chi connectivity index (χ1) is 71.5. The Labute approximate surface area is 881 Å². The van der Waals surface area contributed by atoms with Crippen LogP contribution in [0.2, 0.25) is 20.1 Å². The number of carboxylic acid groups (broad SMARTS) is 1. The molecule has 0 saturated heterocycles. The van der Waals surface area contributed by atoms with Gasteiger partial charge in [-0.1, -0.05) is 273 Å². The number of benzene rings is 9. The molecule has 792 valence electrons. The van der Waals surface area contributed by atoms with Gasteiger partial charge in [0.1, 0.15) is 87.0 Å². The second kappa shape index (κ2) is 59.6. The highest BCUT2D eigenvalue weighted by atomic mass is 35.5. The summed E-state index contributed by atoms with van der Waals surface area (Å²) in [4.78, 5) is 218. The van der Waals surface area contributed by atoms with Crippen LogP contribution in [0, 0.1) is 5.92 Å². The molecule has 149 heavy (non-hydrogen) atoms. The van der Waals surface area contributed by atoms with Crippen LogP contribution in [0.25, 0.3) is 11.1 Å². The zero-order valence-corrected chi connectivity index (χ0v) is 85.8. The van der Waals surface area contributed by atoms with Gasteiger partial charge >= 0.3 is 42.5 Å². The van der Waals surface area contributed by atoms with Crippen molar-refractivity contribution in [3.63, 3.8) is 0 Å². The van der Waals surface area contributed by atoms with Gasteiger partial charge in [-0.2, -0.15) is 0 Å². The van der Waals surface area contributed by atoms with Gasteiger partial charge in [0, 0.05) is 80.9 Å². The summed E-state index contributed by atoms with van der Waals surface area (Å²) in [5.41, 5.74) is 5.99. The predicted octanol–water partition coefficient (Wildman–Crippen LogP) is 12.4. The summed E-state index contributed by atoms with van der Waals surface area (Å²) in [6.45, 7) is 4.64. The number of alkyl carbamates (subject to hydrolysis) is 6. The third-order valence-electron chi connectivity index (χ3n) is 23.1. The number of hydrogen-bond acceptors (Lipinski definition) is 23. The van der Waals surface area contributed by atoms with E-state index in [1.807, 2.05) is 48.5 Å². The normalized spacial score (nSPS) is 13.4. The Bertz CT molecular complexity index is 5990. The molecule has 9 aromatic rings. The Hall–Kier alpha value is -15.1. The van der Waals surface area contributed by atoms with Crippen molar-refractivity contribution < 1.29 is 115 Å². The molecule has 38 nitrogen and oxygen atoms in total. The Kier molecular flexibility index (Phi) is 46.4. The number of nitrogens with one attached hydrogen (secondary N) is 14. The fourth-order valence-corrected chi connectivity index (χ4v) is 16.1. The summed E-state index contributed by atoms with van der Waals surface area (Å²) >= 11 is 25.5. The first-order valence-corrected chi connectivity index (χ1v) is 49.6. The number of halogens is 4. The highest BCUT2D eigenvalue weighted by Gasteiger charge is 2.39. The van der Waals surface area contributed by atoms with E-state index in [0.29, 0.717) is 44.0 Å². The largest absolute Gasteiger partial charge is 0.480 e. The minimum Gasteiger partial charge on any atom is -0.480 e. The molecule has 1 aliphatic carbocycles. The van der Waals surface area contributed by atoms with Gasteiger partial charge in [0.25, 0.3) is 0 Å². The molecule has 0 aromatic heterocycles. The minimum absolute atomic E-state index is 0.0809. The van der Waals surface area contributed by atoms with E-state index < -0.39 is 233 Å². The van der Waals surface area contributed by atoms with Crippen LogP contribution in [0.15, 0.2) is 237 Å². The number of carbonyl (C=O) groups excluding carboxylic acids is 14. The van der Waals surface area contributed by atoms with Gasteiger partial charge in [-0.15, -0.1) is 0 Å². The molecule has 0 saturated carbocycles. The molecule has 0 heterocycles. The lowest BCUT2D eigenvalue weighted by atomic mass is 9.98. The van der Waals surface area contributed by atoms with Gasteiger partial charge in [0.2, 0.25) is 47.3 Å². The molecule has 0 spiro atoms. The van der Waals surface area contributed by atoms with Gasteiger partial charge in [-0.05, 0) is 129 Å². The maximum Gasteiger partial charge on any atom is 0.407 e. The number of amides is 14. The van der Waals surface area contributed by atoms with Crippen molar-refractivity contribution >= 4 is 136 Å². The third-order valence-corrected chi connectivity index (χ3v) is 24.6. The number of carboxylic acids is 1. The number of fused-ring (bicyclic) bond motifs is 3. The van der Waals surface area contributed by atoms with Gasteiger partial charge in [0.05, 0.1) is 32.5 Å². The van der Waals surface area contributed by atoms with E-state index in [4.69, 9.17) is 84.3 Å². The van der Waals surface area contributed by atoms with E-state index in [9.17, 15) is 43.5 Å². The molecule has 0 radical (unpaired) electrons. The standard InChI is InChI=1S/C107H122Cl4N14O24/c1-65(2)54-87(96(130)119-83(46-50-112-101(136)144-59-70-34-16-24-42-79(70)108)92(126)118-86(48-52-114-103(138)146-61-72-36-18-26-44-81(72)110)95(129)125-91(100(134)135)66(3)143-58-69-32-14-9-15-33-69)121-97(131)88(55-67-28-10-7-11-29-67)122-94(128)85(47-51-113-102(137)145-60-71-35-17-25-43-80(71)109)117-93(127)84(49-53-115-105(140)149-107(4,5)6)120-98(132)89(56-116-104(139)147-62-73-37-19-27-45-82(73)111)123-99(133)90(64-142-57-68-30-12-8-13-31-68)124-106(141)148-63-78-76-40-22-20-38-74(76)75-39-21-23-41-77(75)78/h7-45,65-66,78,83-91H,46-64H2,1-6H3,(H,112,136)(H,113,137)(H,114,138)(H,115,140)(H,116,139)(H,117,127)(H,118,126)(H,119,130)(H,120,132)(H,121,131)(H,122,128)(H,123,133)(H,124,141)(H,125,129)(H,134,135)/t66-,83+,84+,85+,86+,87+,88-,89+,90+,91+/m1/s1. The maximum absolute atomic E-state index is 15.7. The SMILES string of the molecule is CC(C)C[C@H](NC(=O)[C@@H](Cc1ccccc1)NC(=O)[C@H](CCNC(=O)OCc1ccccc1Cl)NC(=O)[C@H](CCNC(=O)OC(C)(C)C)NC(=O)[C@H](CNC(=O)OCc1ccccc1Cl)NC(=O)[C@H](COCc1ccccc1)NC(=O)OCC1c2ccccc2-c2ccccc21)C(=O)N[C@@H](CCNC(=O)OCc1ccccc1Cl)C(=O)N[C@@H](CCNC(=O)OCc1ccccc1Cl)C(=O)N[C@H](C(=O)O)[C@@H](C)OCc1ccccc1. The van der Waals surface area contributed by atoms with Gasteiger partial charge < -0.3 is 117 Å². The first-order valence-electron chi connectivity index (χ1n) is 48.1. The zero-order valence-electron chi connectivity index (χ0n) is 82.7. The third kappa shape index (κ3) is 39.2. The molecule has 0 bridgehead atoms. The second-order valence-electron chi connectivity index (χ2n) is 36.0. The smallest absolute Gasteiger partial charge is 0.407 e. The highest BCUT2D eigenvalue weighted by Crippen LogP contribution is 2.45. The van der Waals surface area contributed by atoms with Gasteiger partial charge in [-0.3, -0.25) is 38.4 Å². The molecule has 42 heteroatoms. The second-order valence-corrected chi connectivity index (χ2v) is 37.6. The number of hydrogen-bond donors (Lipinski definition) is 15. The van der Waals surface area contributed by atoms with Crippen LogP contribution in [0.1, 0.15) is 130 Å². The summed E-state index contributed by atoms with van der Waals surface area (Å²) in [5.74, 6) is -11.5. The van der Waals surface area contributed by atoms with Crippen LogP contribution in [0.4, 0.5) is 28.8 Å². The fraction of sp³-hybridized carbons (Fsp3) is 0.355. The molecule has 14 amide bonds. The van der Waals surface area contributed by atoms with Crippen LogP contribution in [0.5, 0.6) is 0 Å². The number of carbonyl (C=O) groups is 15. The lowest BCUT2D eigenvalue weighted by molar-refractivity contribution is -0.147. The van der Waals surface area contributed by atoms with Crippen LogP contribution < -0.4 is 74.4 Å². The monoisotopic (exact) mass is 2130 g/mol. The van der Waals surface area contributed by atoms with Gasteiger partial charge in [0.15, 0.2) is 6.04 Å². The Morgan fingerprint density at radius 3 is 1.05 bits per heavy atom. The summed E-state index contributed by atoms with van der Waals surface area (Å²) in [5, 5.41) is 47.7. The van der Waals surface area contributed by atoms with Crippen LogP contribution in [-0.2, 0) is 127 Å². The lowest BCUT2D eigenvalue weighted by Crippen LogP contribution is -2.62. The summed E-state index contributed by atoms with van der Waals surface area (Å²) in [7, 11) is 0. The molecular weight excluding hydrogens is 2010 g/mol. The molecule has 1 aliphatic rings. The topological polar surface area (TPSA) is 519 Å². The van der Waals surface area contributed by atoms with Crippen molar-refractivity contribution in [1.29, 1.82) is 0 Å². The lowest BCUT2D eigenvalue weighted by Gasteiger charge is -2.29. The molecule has 15 N–H and O–H groups in total. The van der Waals surface area contributed by atoms with Crippen molar-refractivity contribution in [2.24, 2.45) is 5.92 Å². The summed E-state index contributed by atoms with van der Waals surface area (Å²) < 4.78 is 45.2. The van der Waals surface area contributed by atoms with Crippen molar-refractivity contribution in [2.75, 3.05) is 45.9 Å².